The third-order valence-corrected chi connectivity index (χ3v) is 6.05. The van der Waals surface area contributed by atoms with E-state index in [1.807, 2.05) is 6.92 Å². The highest BCUT2D eigenvalue weighted by atomic mass is 79.9. The zero-order valence-corrected chi connectivity index (χ0v) is 13.9. The van der Waals surface area contributed by atoms with Crippen LogP contribution in [0.3, 0.4) is 0 Å². The topological polar surface area (TPSA) is 58.2 Å². The van der Waals surface area contributed by atoms with Crippen LogP contribution in [0, 0.1) is 6.92 Å². The third kappa shape index (κ3) is 3.91. The Morgan fingerprint density at radius 3 is 2.83 bits per heavy atom. The van der Waals surface area contributed by atoms with E-state index in [4.69, 9.17) is 0 Å². The van der Waals surface area contributed by atoms with Crippen molar-refractivity contribution in [1.82, 2.24) is 10.0 Å². The lowest BCUT2D eigenvalue weighted by molar-refractivity contribution is 0.551. The van der Waals surface area contributed by atoms with E-state index in [0.717, 1.165) is 28.0 Å². The number of halogens is 2. The third-order valence-electron chi connectivity index (χ3n) is 2.81. The Labute approximate surface area is 126 Å². The molecule has 1 saturated heterocycles. The second-order valence-electron chi connectivity index (χ2n) is 4.12. The Morgan fingerprint density at radius 1 is 1.61 bits per heavy atom. The molecular formula is C10H16BrClN2O2S2. The number of rotatable bonds is 4. The van der Waals surface area contributed by atoms with Crippen molar-refractivity contribution in [1.29, 1.82) is 0 Å². The van der Waals surface area contributed by atoms with Crippen LogP contribution >= 0.6 is 39.7 Å². The Bertz CT molecular complexity index is 498. The maximum Gasteiger partial charge on any atom is 0.241 e. The summed E-state index contributed by atoms with van der Waals surface area (Å²) in [6.07, 6.45) is 2.16. The van der Waals surface area contributed by atoms with Gasteiger partial charge >= 0.3 is 0 Å². The molecule has 4 nitrogen and oxygen atoms in total. The first-order valence-electron chi connectivity index (χ1n) is 5.48. The summed E-state index contributed by atoms with van der Waals surface area (Å²) in [4.78, 5) is 1.19. The molecule has 104 valence electrons. The normalized spacial score (nSPS) is 19.8. The van der Waals surface area contributed by atoms with Gasteiger partial charge in [-0.1, -0.05) is 0 Å². The van der Waals surface area contributed by atoms with Crippen LogP contribution < -0.4 is 10.0 Å². The van der Waals surface area contributed by atoms with E-state index in [0.29, 0.717) is 11.4 Å². The van der Waals surface area contributed by atoms with Crippen molar-refractivity contribution in [2.75, 3.05) is 13.1 Å². The average molecular weight is 376 g/mol. The molecule has 1 aromatic rings. The summed E-state index contributed by atoms with van der Waals surface area (Å²) < 4.78 is 27.6. The maximum absolute atomic E-state index is 12.1. The van der Waals surface area contributed by atoms with E-state index in [-0.39, 0.29) is 18.4 Å². The molecule has 0 aliphatic carbocycles. The van der Waals surface area contributed by atoms with Crippen LogP contribution in [0.2, 0.25) is 0 Å². The summed E-state index contributed by atoms with van der Waals surface area (Å²) in [7, 11) is -3.37. The molecule has 0 saturated carbocycles. The number of nitrogens with one attached hydrogen (secondary N) is 2. The monoisotopic (exact) mass is 374 g/mol. The highest BCUT2D eigenvalue weighted by molar-refractivity contribution is 9.11. The highest BCUT2D eigenvalue weighted by Crippen LogP contribution is 2.29. The predicted molar refractivity (Wildman–Crippen MR) is 80.2 cm³/mol. The molecule has 0 amide bonds. The van der Waals surface area contributed by atoms with Crippen LogP contribution in [0.4, 0.5) is 0 Å². The fraction of sp³-hybridized carbons (Fsp3) is 0.600. The lowest BCUT2D eigenvalue weighted by Gasteiger charge is -2.11. The molecule has 1 aliphatic rings. The first-order chi connectivity index (χ1) is 7.99. The quantitative estimate of drug-likeness (QED) is 0.849. The molecular weight excluding hydrogens is 360 g/mol. The van der Waals surface area contributed by atoms with Crippen molar-refractivity contribution in [3.63, 3.8) is 0 Å². The zero-order chi connectivity index (χ0) is 12.5. The molecule has 1 atom stereocenters. The van der Waals surface area contributed by atoms with Gasteiger partial charge in [-0.25, -0.2) is 13.1 Å². The Morgan fingerprint density at radius 2 is 2.33 bits per heavy atom. The molecule has 0 radical (unpaired) electrons. The van der Waals surface area contributed by atoms with E-state index >= 15 is 0 Å². The lowest BCUT2D eigenvalue weighted by Crippen LogP contribution is -2.37. The van der Waals surface area contributed by atoms with Crippen LogP contribution in [0.15, 0.2) is 14.7 Å². The number of aryl methyl sites for hydroxylation is 1. The molecule has 18 heavy (non-hydrogen) atoms. The van der Waals surface area contributed by atoms with Crippen LogP contribution in [0.5, 0.6) is 0 Å². The van der Waals surface area contributed by atoms with Crippen molar-refractivity contribution >= 4 is 49.7 Å². The second kappa shape index (κ2) is 6.67. The molecule has 1 aliphatic heterocycles. The molecule has 2 rings (SSSR count). The standard InChI is InChI=1S/C10H15BrN2O2S2.ClH/c1-7-9(5-10(11)16-7)17(14,15)13-6-8-3-2-4-12-8;/h5,8,12-13H,2-4,6H2,1H3;1H. The zero-order valence-electron chi connectivity index (χ0n) is 9.90. The Kier molecular flexibility index (Phi) is 6.08. The van der Waals surface area contributed by atoms with Gasteiger partial charge < -0.3 is 5.32 Å². The minimum absolute atomic E-state index is 0. The van der Waals surface area contributed by atoms with Crippen LogP contribution in [0.1, 0.15) is 17.7 Å². The Hall–Kier alpha value is 0.340. The van der Waals surface area contributed by atoms with Gasteiger partial charge in [0, 0.05) is 17.5 Å². The van der Waals surface area contributed by atoms with Gasteiger partial charge in [-0.2, -0.15) is 0 Å². The predicted octanol–water partition coefficient (Wildman–Crippen LogP) is 2.27. The van der Waals surface area contributed by atoms with Gasteiger partial charge in [0.15, 0.2) is 0 Å². The van der Waals surface area contributed by atoms with Crippen molar-refractivity contribution < 1.29 is 8.42 Å². The maximum atomic E-state index is 12.1. The fourth-order valence-corrected chi connectivity index (χ4v) is 5.41. The molecule has 1 aromatic heterocycles. The molecule has 0 spiro atoms. The number of hydrogen-bond acceptors (Lipinski definition) is 4. The van der Waals surface area contributed by atoms with Crippen molar-refractivity contribution in [3.8, 4) is 0 Å². The summed E-state index contributed by atoms with van der Waals surface area (Å²) in [6.45, 7) is 3.27. The number of thiophene rings is 1. The van der Waals surface area contributed by atoms with Gasteiger partial charge in [-0.15, -0.1) is 23.7 Å². The van der Waals surface area contributed by atoms with Crippen molar-refractivity contribution in [2.24, 2.45) is 0 Å². The summed E-state index contributed by atoms with van der Waals surface area (Å²) in [6, 6.07) is 1.93. The van der Waals surface area contributed by atoms with Crippen molar-refractivity contribution in [2.45, 2.75) is 30.7 Å². The minimum Gasteiger partial charge on any atom is -0.313 e. The van der Waals surface area contributed by atoms with E-state index in [2.05, 4.69) is 26.0 Å². The number of hydrogen-bond donors (Lipinski definition) is 2. The van der Waals surface area contributed by atoms with Gasteiger partial charge in [0.1, 0.15) is 0 Å². The largest absolute Gasteiger partial charge is 0.313 e. The summed E-state index contributed by atoms with van der Waals surface area (Å²) in [5.74, 6) is 0. The van der Waals surface area contributed by atoms with E-state index in [9.17, 15) is 8.42 Å². The van der Waals surface area contributed by atoms with E-state index in [1.54, 1.807) is 6.07 Å². The SMILES string of the molecule is Cc1sc(Br)cc1S(=O)(=O)NCC1CCCN1.Cl. The van der Waals surface area contributed by atoms with Gasteiger partial charge in [-0.05, 0) is 48.3 Å². The first-order valence-corrected chi connectivity index (χ1v) is 8.57. The highest BCUT2D eigenvalue weighted by Gasteiger charge is 2.22. The summed E-state index contributed by atoms with van der Waals surface area (Å²) in [5, 5.41) is 3.27. The van der Waals surface area contributed by atoms with E-state index < -0.39 is 10.0 Å². The second-order valence-corrected chi connectivity index (χ2v) is 8.49. The average Bonchev–Trinajstić information content (AvgIpc) is 2.85. The molecule has 8 heteroatoms. The molecule has 2 N–H and O–H groups in total. The fourth-order valence-electron chi connectivity index (χ4n) is 1.92. The Balaban J connectivity index is 0.00000162. The van der Waals surface area contributed by atoms with Crippen LogP contribution in [0.25, 0.3) is 0 Å². The molecule has 0 bridgehead atoms. The smallest absolute Gasteiger partial charge is 0.241 e. The van der Waals surface area contributed by atoms with Crippen LogP contribution in [-0.2, 0) is 10.0 Å². The first kappa shape index (κ1) is 16.4. The summed E-state index contributed by atoms with van der Waals surface area (Å²) in [5.41, 5.74) is 0. The van der Waals surface area contributed by atoms with Gasteiger partial charge in [0.2, 0.25) is 10.0 Å². The lowest BCUT2D eigenvalue weighted by atomic mass is 10.2. The minimum atomic E-state index is -3.37. The van der Waals surface area contributed by atoms with Crippen molar-refractivity contribution in [3.05, 3.63) is 14.7 Å². The number of sulfonamides is 1. The van der Waals surface area contributed by atoms with Crippen LogP contribution in [-0.4, -0.2) is 27.5 Å². The molecule has 1 fully saturated rings. The van der Waals surface area contributed by atoms with E-state index in [1.165, 1.54) is 11.3 Å². The van der Waals surface area contributed by atoms with Gasteiger partial charge in [0.05, 0.1) is 8.68 Å². The molecule has 1 unspecified atom stereocenters. The molecule has 0 aromatic carbocycles. The van der Waals surface area contributed by atoms with Gasteiger partial charge in [0.25, 0.3) is 0 Å². The van der Waals surface area contributed by atoms with Gasteiger partial charge in [-0.3, -0.25) is 0 Å². The summed E-state index contributed by atoms with van der Waals surface area (Å²) >= 11 is 4.74. The molecule has 2 heterocycles.